The number of aliphatic imine (C=N–C) groups is 1. The Labute approximate surface area is 37.4 Å². The van der Waals surface area contributed by atoms with Gasteiger partial charge in [-0.3, -0.25) is 4.99 Å². The van der Waals surface area contributed by atoms with E-state index in [1.165, 1.54) is 11.3 Å². The van der Waals surface area contributed by atoms with Crippen LogP contribution in [0.4, 0.5) is 0 Å². The zero-order valence-electron chi connectivity index (χ0n) is 4.05. The van der Waals surface area contributed by atoms with E-state index in [9.17, 15) is 0 Å². The van der Waals surface area contributed by atoms with Gasteiger partial charge >= 0.3 is 0 Å². The van der Waals surface area contributed by atoms with Crippen molar-refractivity contribution in [2.24, 2.45) is 10.8 Å². The zero-order chi connectivity index (χ0) is 4.99. The number of nitrogens with zero attached hydrogens (tertiary/aromatic N) is 2. The van der Waals surface area contributed by atoms with E-state index in [0.717, 1.165) is 0 Å². The number of hydrazine groups is 1. The minimum atomic E-state index is 1.39. The second-order valence-corrected chi connectivity index (χ2v) is 1.04. The summed E-state index contributed by atoms with van der Waals surface area (Å²) in [5.41, 5.74) is 0. The van der Waals surface area contributed by atoms with Crippen molar-refractivity contribution < 1.29 is 0 Å². The Hall–Kier alpha value is -0.570. The lowest BCUT2D eigenvalue weighted by molar-refractivity contribution is 0.555. The molecule has 0 rings (SSSR count). The van der Waals surface area contributed by atoms with E-state index in [1.54, 1.807) is 14.1 Å². The van der Waals surface area contributed by atoms with Crippen molar-refractivity contribution >= 4 is 6.34 Å². The summed E-state index contributed by atoms with van der Waals surface area (Å²) >= 11 is 0. The van der Waals surface area contributed by atoms with Crippen LogP contribution in [0.1, 0.15) is 0 Å². The fourth-order valence-corrected chi connectivity index (χ4v) is 0.182. The van der Waals surface area contributed by atoms with E-state index in [-0.39, 0.29) is 0 Å². The molecule has 0 amide bonds. The molecule has 0 aromatic heterocycles. The Morgan fingerprint density at radius 3 is 2.33 bits per heavy atom. The fraction of sp³-hybridized carbons (Fsp3) is 0.667. The normalized spacial score (nSPS) is 9.83. The standard InChI is InChI=1S/C3H9N3/c1-5-3-6(2)4/h3H,4H2,1-2H3/b5-3-. The van der Waals surface area contributed by atoms with E-state index >= 15 is 0 Å². The molecule has 2 N–H and O–H groups in total. The number of rotatable bonds is 1. The summed E-state index contributed by atoms with van der Waals surface area (Å²) in [4.78, 5) is 3.61. The topological polar surface area (TPSA) is 41.6 Å². The van der Waals surface area contributed by atoms with Gasteiger partial charge in [0.2, 0.25) is 0 Å². The van der Waals surface area contributed by atoms with Gasteiger partial charge in [0.15, 0.2) is 0 Å². The van der Waals surface area contributed by atoms with Crippen molar-refractivity contribution in [1.82, 2.24) is 5.01 Å². The SMILES string of the molecule is C/N=C\N(C)N. The van der Waals surface area contributed by atoms with E-state index in [4.69, 9.17) is 5.84 Å². The zero-order valence-corrected chi connectivity index (χ0v) is 4.05. The molecule has 0 unspecified atom stereocenters. The molecular formula is C3H9N3. The molecular weight excluding hydrogens is 78.1 g/mol. The minimum absolute atomic E-state index is 1.39. The average Bonchev–Trinajstić information content (AvgIpc) is 1.35. The van der Waals surface area contributed by atoms with Crippen LogP contribution < -0.4 is 5.84 Å². The van der Waals surface area contributed by atoms with Crippen LogP contribution >= 0.6 is 0 Å². The first kappa shape index (κ1) is 5.43. The molecule has 0 radical (unpaired) electrons. The molecule has 0 saturated heterocycles. The van der Waals surface area contributed by atoms with Gasteiger partial charge in [0.25, 0.3) is 0 Å². The summed E-state index contributed by atoms with van der Waals surface area (Å²) in [7, 11) is 3.39. The predicted octanol–water partition coefficient (Wildman–Crippen LogP) is -0.550. The van der Waals surface area contributed by atoms with E-state index in [0.29, 0.717) is 0 Å². The second-order valence-electron chi connectivity index (χ2n) is 1.04. The Balaban J connectivity index is 3.03. The maximum absolute atomic E-state index is 5.09. The molecule has 6 heavy (non-hydrogen) atoms. The van der Waals surface area contributed by atoms with Gasteiger partial charge in [-0.15, -0.1) is 0 Å². The summed E-state index contributed by atoms with van der Waals surface area (Å²) < 4.78 is 0. The van der Waals surface area contributed by atoms with Crippen molar-refractivity contribution in [2.45, 2.75) is 0 Å². The van der Waals surface area contributed by atoms with E-state index in [1.807, 2.05) is 0 Å². The van der Waals surface area contributed by atoms with Crippen molar-refractivity contribution in [2.75, 3.05) is 14.1 Å². The number of hydrogen-bond acceptors (Lipinski definition) is 2. The van der Waals surface area contributed by atoms with E-state index in [2.05, 4.69) is 4.99 Å². The largest absolute Gasteiger partial charge is 0.304 e. The smallest absolute Gasteiger partial charge is 0.0984 e. The third-order valence-corrected chi connectivity index (χ3v) is 0.298. The molecule has 0 aromatic carbocycles. The maximum Gasteiger partial charge on any atom is 0.0984 e. The first-order chi connectivity index (χ1) is 2.77. The van der Waals surface area contributed by atoms with Gasteiger partial charge in [-0.2, -0.15) is 0 Å². The fourth-order valence-electron chi connectivity index (χ4n) is 0.182. The lowest BCUT2D eigenvalue weighted by Gasteiger charge is -1.98. The molecule has 0 aliphatic carbocycles. The van der Waals surface area contributed by atoms with Crippen LogP contribution in [0.25, 0.3) is 0 Å². The highest BCUT2D eigenvalue weighted by atomic mass is 15.4. The molecule has 0 bridgehead atoms. The molecule has 3 nitrogen and oxygen atoms in total. The molecule has 36 valence electrons. The van der Waals surface area contributed by atoms with Crippen LogP contribution in [0.15, 0.2) is 4.99 Å². The first-order valence-corrected chi connectivity index (χ1v) is 1.67. The monoisotopic (exact) mass is 87.1 g/mol. The van der Waals surface area contributed by atoms with Gasteiger partial charge < -0.3 is 5.01 Å². The Kier molecular flexibility index (Phi) is 2.40. The Bertz CT molecular complexity index is 48.0. The predicted molar refractivity (Wildman–Crippen MR) is 26.4 cm³/mol. The summed E-state index contributed by atoms with van der Waals surface area (Å²) in [6.45, 7) is 0. The van der Waals surface area contributed by atoms with Crippen molar-refractivity contribution in [3.05, 3.63) is 0 Å². The van der Waals surface area contributed by atoms with Gasteiger partial charge in [0.05, 0.1) is 6.34 Å². The first-order valence-electron chi connectivity index (χ1n) is 1.67. The van der Waals surface area contributed by atoms with Crippen LogP contribution in [-0.2, 0) is 0 Å². The highest BCUT2D eigenvalue weighted by molar-refractivity contribution is 5.52. The third-order valence-electron chi connectivity index (χ3n) is 0.298. The quantitative estimate of drug-likeness (QED) is 0.202. The lowest BCUT2D eigenvalue weighted by atomic mass is 11.1. The molecule has 0 atom stereocenters. The van der Waals surface area contributed by atoms with Crippen molar-refractivity contribution in [1.29, 1.82) is 0 Å². The molecule has 0 aliphatic rings. The average molecular weight is 87.1 g/mol. The molecule has 3 heteroatoms. The lowest BCUT2D eigenvalue weighted by Crippen LogP contribution is -2.23. The summed E-state index contributed by atoms with van der Waals surface area (Å²) in [6, 6.07) is 0. The van der Waals surface area contributed by atoms with Crippen LogP contribution in [0.5, 0.6) is 0 Å². The molecule has 0 fully saturated rings. The van der Waals surface area contributed by atoms with Gasteiger partial charge in [0, 0.05) is 14.1 Å². The molecule has 0 aromatic rings. The van der Waals surface area contributed by atoms with Gasteiger partial charge in [-0.1, -0.05) is 0 Å². The highest BCUT2D eigenvalue weighted by Crippen LogP contribution is 1.53. The number of nitrogens with two attached hydrogens (primary N) is 1. The van der Waals surface area contributed by atoms with Gasteiger partial charge in [-0.05, 0) is 0 Å². The van der Waals surface area contributed by atoms with Gasteiger partial charge in [0.1, 0.15) is 0 Å². The molecule has 0 saturated carbocycles. The van der Waals surface area contributed by atoms with Crippen LogP contribution in [0.3, 0.4) is 0 Å². The summed E-state index contributed by atoms with van der Waals surface area (Å²) in [6.07, 6.45) is 1.53. The second kappa shape index (κ2) is 2.66. The minimum Gasteiger partial charge on any atom is -0.304 e. The van der Waals surface area contributed by atoms with Crippen LogP contribution in [0.2, 0.25) is 0 Å². The molecule has 0 aliphatic heterocycles. The molecule has 0 spiro atoms. The number of hydrogen-bond donors (Lipinski definition) is 1. The molecule has 0 heterocycles. The van der Waals surface area contributed by atoms with Gasteiger partial charge in [-0.25, -0.2) is 5.84 Å². The summed E-state index contributed by atoms with van der Waals surface area (Å²) in [5, 5.41) is 1.39. The Morgan fingerprint density at radius 2 is 2.33 bits per heavy atom. The third kappa shape index (κ3) is 3.43. The van der Waals surface area contributed by atoms with E-state index < -0.39 is 0 Å². The highest BCUT2D eigenvalue weighted by Gasteiger charge is 1.67. The summed E-state index contributed by atoms with van der Waals surface area (Å²) in [5.74, 6) is 5.09. The van der Waals surface area contributed by atoms with Crippen LogP contribution in [-0.4, -0.2) is 25.4 Å². The van der Waals surface area contributed by atoms with Crippen LogP contribution in [0, 0.1) is 0 Å². The van der Waals surface area contributed by atoms with Crippen molar-refractivity contribution in [3.8, 4) is 0 Å². The van der Waals surface area contributed by atoms with Crippen molar-refractivity contribution in [3.63, 3.8) is 0 Å². The Morgan fingerprint density at radius 1 is 1.83 bits per heavy atom. The maximum atomic E-state index is 5.09.